The lowest BCUT2D eigenvalue weighted by atomic mass is 10.0. The van der Waals surface area contributed by atoms with Crippen molar-refractivity contribution in [3.8, 4) is 11.5 Å². The summed E-state index contributed by atoms with van der Waals surface area (Å²) in [7, 11) is 0. The maximum atomic E-state index is 12.3. The van der Waals surface area contributed by atoms with E-state index in [-0.39, 0.29) is 5.91 Å². The zero-order valence-electron chi connectivity index (χ0n) is 15.0. The molecule has 0 saturated heterocycles. The minimum atomic E-state index is 0.0908. The van der Waals surface area contributed by atoms with Gasteiger partial charge in [0.15, 0.2) is 11.5 Å². The van der Waals surface area contributed by atoms with Crippen LogP contribution in [0.5, 0.6) is 11.5 Å². The third-order valence-corrected chi connectivity index (χ3v) is 6.09. The summed E-state index contributed by atoms with van der Waals surface area (Å²) in [5.41, 5.74) is 2.52. The highest BCUT2D eigenvalue weighted by Gasteiger charge is 2.25. The van der Waals surface area contributed by atoms with Crippen molar-refractivity contribution in [2.24, 2.45) is 0 Å². The van der Waals surface area contributed by atoms with E-state index in [4.69, 9.17) is 9.47 Å². The molecule has 1 aromatic heterocycles. The third kappa shape index (κ3) is 3.71. The summed E-state index contributed by atoms with van der Waals surface area (Å²) in [5, 5.41) is 5.20. The molecule has 0 aliphatic carbocycles. The number of nitrogens with zero attached hydrogens (tertiary/aromatic N) is 1. The summed E-state index contributed by atoms with van der Waals surface area (Å²) in [4.78, 5) is 16.1. The van der Waals surface area contributed by atoms with E-state index in [1.54, 1.807) is 0 Å². The number of rotatable bonds is 5. The average molecular weight is 372 g/mol. The van der Waals surface area contributed by atoms with E-state index in [0.29, 0.717) is 32.3 Å². The molecule has 4 rings (SSSR count). The lowest BCUT2D eigenvalue weighted by Gasteiger charge is -2.32. The van der Waals surface area contributed by atoms with Crippen molar-refractivity contribution < 1.29 is 14.3 Å². The van der Waals surface area contributed by atoms with E-state index < -0.39 is 0 Å². The number of hydrogen-bond donors (Lipinski definition) is 1. The molecule has 0 radical (unpaired) electrons. The topological polar surface area (TPSA) is 50.8 Å². The Morgan fingerprint density at radius 1 is 1.27 bits per heavy atom. The molecule has 2 aromatic rings. The van der Waals surface area contributed by atoms with Crippen LogP contribution in [0.2, 0.25) is 0 Å². The average Bonchev–Trinajstić information content (AvgIpc) is 3.13. The Morgan fingerprint density at radius 3 is 3.00 bits per heavy atom. The van der Waals surface area contributed by atoms with Gasteiger partial charge in [-0.2, -0.15) is 0 Å². The lowest BCUT2D eigenvalue weighted by Crippen LogP contribution is -2.41. The fourth-order valence-electron chi connectivity index (χ4n) is 3.61. The van der Waals surface area contributed by atoms with Crippen LogP contribution in [0.15, 0.2) is 29.6 Å². The van der Waals surface area contributed by atoms with E-state index in [0.717, 1.165) is 36.4 Å². The van der Waals surface area contributed by atoms with E-state index >= 15 is 0 Å². The van der Waals surface area contributed by atoms with Crippen molar-refractivity contribution in [3.63, 3.8) is 0 Å². The maximum Gasteiger partial charge on any atom is 0.234 e. The maximum absolute atomic E-state index is 12.3. The van der Waals surface area contributed by atoms with Gasteiger partial charge < -0.3 is 14.8 Å². The molecule has 1 aromatic carbocycles. The molecule has 1 unspecified atom stereocenters. The summed E-state index contributed by atoms with van der Waals surface area (Å²) in [5.74, 6) is 1.69. The van der Waals surface area contributed by atoms with Gasteiger partial charge in [0.1, 0.15) is 13.2 Å². The van der Waals surface area contributed by atoms with Crippen molar-refractivity contribution in [2.75, 3.05) is 32.8 Å². The highest BCUT2D eigenvalue weighted by Crippen LogP contribution is 2.32. The largest absolute Gasteiger partial charge is 0.486 e. The predicted octanol–water partition coefficient (Wildman–Crippen LogP) is 2.80. The number of hydrogen-bond acceptors (Lipinski definition) is 5. The molecule has 1 atom stereocenters. The predicted molar refractivity (Wildman–Crippen MR) is 102 cm³/mol. The second-order valence-electron chi connectivity index (χ2n) is 6.77. The molecular formula is C20H24N2O3S. The minimum Gasteiger partial charge on any atom is -0.486 e. The van der Waals surface area contributed by atoms with Crippen LogP contribution in [0.4, 0.5) is 0 Å². The van der Waals surface area contributed by atoms with E-state index in [9.17, 15) is 4.79 Å². The Balaban J connectivity index is 1.26. The van der Waals surface area contributed by atoms with E-state index in [1.165, 1.54) is 10.4 Å². The SMILES string of the molecule is CC1c2ccsc2CCN1CC(=O)NCCc1ccc2c(c1)OCCO2. The molecule has 3 heterocycles. The number of nitrogens with one attached hydrogen (secondary N) is 1. The summed E-state index contributed by atoms with van der Waals surface area (Å²) in [6, 6.07) is 8.49. The summed E-state index contributed by atoms with van der Waals surface area (Å²) < 4.78 is 11.1. The number of carbonyl (C=O) groups is 1. The highest BCUT2D eigenvalue weighted by atomic mass is 32.1. The van der Waals surface area contributed by atoms with Gasteiger partial charge in [0.2, 0.25) is 5.91 Å². The van der Waals surface area contributed by atoms with Crippen LogP contribution in [-0.4, -0.2) is 43.7 Å². The van der Waals surface area contributed by atoms with Gasteiger partial charge in [-0.25, -0.2) is 0 Å². The fraction of sp³-hybridized carbons (Fsp3) is 0.450. The van der Waals surface area contributed by atoms with Crippen molar-refractivity contribution in [1.29, 1.82) is 0 Å². The standard InChI is InChI=1S/C20H24N2O3S/c1-14-16-6-11-26-19(16)5-8-22(14)13-20(23)21-7-4-15-2-3-17-18(12-15)25-10-9-24-17/h2-3,6,11-12,14H,4-5,7-10,13H2,1H3,(H,21,23). The van der Waals surface area contributed by atoms with Crippen molar-refractivity contribution in [1.82, 2.24) is 10.2 Å². The molecule has 0 fully saturated rings. The fourth-order valence-corrected chi connectivity index (χ4v) is 4.57. The zero-order chi connectivity index (χ0) is 17.9. The van der Waals surface area contributed by atoms with Crippen LogP contribution >= 0.6 is 11.3 Å². The second kappa shape index (κ2) is 7.68. The molecule has 5 nitrogen and oxygen atoms in total. The smallest absolute Gasteiger partial charge is 0.234 e. The molecule has 0 spiro atoms. The first-order valence-corrected chi connectivity index (χ1v) is 10.0. The Hall–Kier alpha value is -2.05. The quantitative estimate of drug-likeness (QED) is 0.877. The molecule has 0 bridgehead atoms. The first kappa shape index (κ1) is 17.4. The molecule has 2 aliphatic heterocycles. The van der Waals surface area contributed by atoms with Gasteiger partial charge in [-0.3, -0.25) is 9.69 Å². The monoisotopic (exact) mass is 372 g/mol. The number of carbonyl (C=O) groups excluding carboxylic acids is 1. The first-order chi connectivity index (χ1) is 12.7. The zero-order valence-corrected chi connectivity index (χ0v) is 15.8. The Bertz CT molecular complexity index is 789. The van der Waals surface area contributed by atoms with Gasteiger partial charge in [-0.05, 0) is 54.5 Å². The van der Waals surface area contributed by atoms with Gasteiger partial charge >= 0.3 is 0 Å². The van der Waals surface area contributed by atoms with Gasteiger partial charge in [0, 0.05) is 24.0 Å². The van der Waals surface area contributed by atoms with Gasteiger partial charge in [0.05, 0.1) is 6.54 Å². The Labute approximate surface area is 157 Å². The third-order valence-electron chi connectivity index (χ3n) is 5.09. The Kier molecular flexibility index (Phi) is 5.13. The first-order valence-electron chi connectivity index (χ1n) is 9.16. The molecule has 138 valence electrons. The normalized spacial score (nSPS) is 19.0. The number of fused-ring (bicyclic) bond motifs is 2. The number of benzene rings is 1. The van der Waals surface area contributed by atoms with Crippen molar-refractivity contribution in [3.05, 3.63) is 45.6 Å². The van der Waals surface area contributed by atoms with E-state index in [1.807, 2.05) is 29.5 Å². The van der Waals surface area contributed by atoms with Crippen LogP contribution in [0.25, 0.3) is 0 Å². The molecule has 2 aliphatic rings. The number of thiophene rings is 1. The van der Waals surface area contributed by atoms with Crippen LogP contribution in [0, 0.1) is 0 Å². The summed E-state index contributed by atoms with van der Waals surface area (Å²) in [6.07, 6.45) is 1.83. The van der Waals surface area contributed by atoms with Crippen LogP contribution < -0.4 is 14.8 Å². The molecule has 1 N–H and O–H groups in total. The van der Waals surface area contributed by atoms with Gasteiger partial charge in [-0.1, -0.05) is 6.07 Å². The molecule has 6 heteroatoms. The lowest BCUT2D eigenvalue weighted by molar-refractivity contribution is -0.122. The number of ether oxygens (including phenoxy) is 2. The molecular weight excluding hydrogens is 348 g/mol. The molecule has 0 saturated carbocycles. The van der Waals surface area contributed by atoms with E-state index in [2.05, 4.69) is 28.6 Å². The Morgan fingerprint density at radius 2 is 2.12 bits per heavy atom. The highest BCUT2D eigenvalue weighted by molar-refractivity contribution is 7.10. The van der Waals surface area contributed by atoms with Gasteiger partial charge in [0.25, 0.3) is 0 Å². The van der Waals surface area contributed by atoms with Crippen LogP contribution in [0.3, 0.4) is 0 Å². The van der Waals surface area contributed by atoms with Crippen LogP contribution in [-0.2, 0) is 17.6 Å². The van der Waals surface area contributed by atoms with Crippen LogP contribution in [0.1, 0.15) is 29.0 Å². The summed E-state index contributed by atoms with van der Waals surface area (Å²) in [6.45, 7) is 5.41. The van der Waals surface area contributed by atoms with Crippen molar-refractivity contribution >= 4 is 17.2 Å². The summed E-state index contributed by atoms with van der Waals surface area (Å²) >= 11 is 1.82. The number of amides is 1. The van der Waals surface area contributed by atoms with Gasteiger partial charge in [-0.15, -0.1) is 11.3 Å². The second-order valence-corrected chi connectivity index (χ2v) is 7.77. The molecule has 26 heavy (non-hydrogen) atoms. The minimum absolute atomic E-state index is 0.0908. The van der Waals surface area contributed by atoms with Crippen molar-refractivity contribution in [2.45, 2.75) is 25.8 Å². The molecule has 1 amide bonds.